The molecule has 1 aromatic heterocycles. The van der Waals surface area contributed by atoms with Gasteiger partial charge in [-0.1, -0.05) is 42.5 Å². The van der Waals surface area contributed by atoms with Crippen molar-refractivity contribution in [1.82, 2.24) is 0 Å². The maximum atomic E-state index is 13.2. The second kappa shape index (κ2) is 5.80. The van der Waals surface area contributed by atoms with Crippen LogP contribution in [0.4, 0.5) is 5.00 Å². The smallest absolute Gasteiger partial charge is 0.175 e. The number of rotatable bonds is 2. The molecule has 2 aromatic carbocycles. The molecule has 4 rings (SSSR count). The number of aromatic hydroxyl groups is 1. The van der Waals surface area contributed by atoms with Crippen LogP contribution >= 0.6 is 11.3 Å². The Morgan fingerprint density at radius 3 is 2.46 bits per heavy atom. The van der Waals surface area contributed by atoms with E-state index in [1.807, 2.05) is 42.5 Å². The number of anilines is 1. The van der Waals surface area contributed by atoms with Crippen LogP contribution in [0.25, 0.3) is 11.1 Å². The van der Waals surface area contributed by atoms with Crippen LogP contribution in [0.5, 0.6) is 5.75 Å². The molecule has 120 valence electrons. The second-order valence-corrected chi connectivity index (χ2v) is 7.22. The van der Waals surface area contributed by atoms with Gasteiger partial charge in [0.05, 0.1) is 11.5 Å². The van der Waals surface area contributed by atoms with Gasteiger partial charge >= 0.3 is 0 Å². The molecule has 3 nitrogen and oxygen atoms in total. The minimum absolute atomic E-state index is 0.151. The zero-order valence-electron chi connectivity index (χ0n) is 13.2. The normalized spacial score (nSPS) is 16.5. The van der Waals surface area contributed by atoms with E-state index in [9.17, 15) is 9.90 Å². The summed E-state index contributed by atoms with van der Waals surface area (Å²) in [4.78, 5) is 14.4. The minimum Gasteiger partial charge on any atom is -0.508 e. The maximum Gasteiger partial charge on any atom is 0.175 e. The van der Waals surface area contributed by atoms with Crippen molar-refractivity contribution in [3.8, 4) is 16.9 Å². The molecule has 2 heterocycles. The van der Waals surface area contributed by atoms with Crippen molar-refractivity contribution in [2.75, 3.05) is 11.9 Å². The van der Waals surface area contributed by atoms with Gasteiger partial charge < -0.3 is 10.4 Å². The molecule has 0 saturated carbocycles. The van der Waals surface area contributed by atoms with Crippen molar-refractivity contribution in [1.29, 1.82) is 0 Å². The van der Waals surface area contributed by atoms with Gasteiger partial charge in [0.25, 0.3) is 0 Å². The van der Waals surface area contributed by atoms with Crippen molar-refractivity contribution in [3.63, 3.8) is 0 Å². The number of thiophene rings is 1. The predicted octanol–water partition coefficient (Wildman–Crippen LogP) is 4.82. The number of ketones is 1. The molecule has 0 saturated heterocycles. The minimum atomic E-state index is -0.227. The molecule has 0 aliphatic carbocycles. The number of fused-ring (bicyclic) bond motifs is 1. The summed E-state index contributed by atoms with van der Waals surface area (Å²) >= 11 is 1.64. The zero-order valence-corrected chi connectivity index (χ0v) is 14.1. The lowest BCUT2D eigenvalue weighted by molar-refractivity contribution is 0.0961. The first-order valence-corrected chi connectivity index (χ1v) is 8.72. The highest BCUT2D eigenvalue weighted by Crippen LogP contribution is 2.44. The van der Waals surface area contributed by atoms with Crippen molar-refractivity contribution in [2.24, 2.45) is 0 Å². The summed E-state index contributed by atoms with van der Waals surface area (Å²) < 4.78 is 0. The first kappa shape index (κ1) is 15.0. The van der Waals surface area contributed by atoms with Crippen LogP contribution in [-0.2, 0) is 0 Å². The molecule has 3 aromatic rings. The first-order valence-electron chi connectivity index (χ1n) is 7.91. The monoisotopic (exact) mass is 335 g/mol. The lowest BCUT2D eigenvalue weighted by atomic mass is 9.85. The molecule has 0 amide bonds. The van der Waals surface area contributed by atoms with E-state index in [0.717, 1.165) is 32.1 Å². The van der Waals surface area contributed by atoms with E-state index in [2.05, 4.69) is 12.2 Å². The Kier molecular flexibility index (Phi) is 3.62. The topological polar surface area (TPSA) is 49.3 Å². The van der Waals surface area contributed by atoms with Crippen LogP contribution < -0.4 is 5.32 Å². The molecule has 1 aliphatic rings. The number of phenols is 1. The number of carbonyl (C=O) groups is 1. The van der Waals surface area contributed by atoms with E-state index in [1.54, 1.807) is 23.5 Å². The molecular formula is C20H17NO2S. The molecule has 0 bridgehead atoms. The largest absolute Gasteiger partial charge is 0.508 e. The number of Topliss-reactive ketones (excluding diaryl/α,β-unsaturated/α-hetero) is 1. The Bertz CT molecular complexity index is 897. The Morgan fingerprint density at radius 1 is 1.04 bits per heavy atom. The van der Waals surface area contributed by atoms with Crippen molar-refractivity contribution in [2.45, 2.75) is 12.8 Å². The Balaban J connectivity index is 1.81. The van der Waals surface area contributed by atoms with Gasteiger partial charge in [-0.2, -0.15) is 0 Å². The third-order valence-electron chi connectivity index (χ3n) is 4.47. The van der Waals surface area contributed by atoms with Crippen molar-refractivity contribution >= 4 is 22.1 Å². The van der Waals surface area contributed by atoms with Crippen LogP contribution in [0.15, 0.2) is 54.6 Å². The SMILES string of the molecule is Cc1sc2c(c1-c1ccccc1)C(=O)C(c1ccc(O)cc1)CN2. The van der Waals surface area contributed by atoms with Crippen LogP contribution in [0.2, 0.25) is 0 Å². The highest BCUT2D eigenvalue weighted by atomic mass is 32.1. The number of hydrogen-bond acceptors (Lipinski definition) is 4. The summed E-state index contributed by atoms with van der Waals surface area (Å²) in [7, 11) is 0. The average molecular weight is 335 g/mol. The summed E-state index contributed by atoms with van der Waals surface area (Å²) in [6, 6.07) is 17.0. The third-order valence-corrected chi connectivity index (χ3v) is 5.53. The van der Waals surface area contributed by atoms with Crippen LogP contribution in [0.3, 0.4) is 0 Å². The van der Waals surface area contributed by atoms with Gasteiger partial charge in [-0.05, 0) is 30.2 Å². The number of phenolic OH excluding ortho intramolecular Hbond substituents is 1. The molecule has 1 unspecified atom stereocenters. The Labute approximate surface area is 144 Å². The Morgan fingerprint density at radius 2 is 1.75 bits per heavy atom. The van der Waals surface area contributed by atoms with E-state index in [0.29, 0.717) is 6.54 Å². The standard InChI is InChI=1S/C20H17NO2S/c1-12-17(14-5-3-2-4-6-14)18-19(23)16(11-21-20(18)24-12)13-7-9-15(22)10-8-13/h2-10,16,21-22H,11H2,1H3. The molecule has 0 spiro atoms. The quantitative estimate of drug-likeness (QED) is 0.706. The van der Waals surface area contributed by atoms with Gasteiger partial charge in [0, 0.05) is 17.0 Å². The molecular weight excluding hydrogens is 318 g/mol. The van der Waals surface area contributed by atoms with Gasteiger partial charge in [-0.3, -0.25) is 4.79 Å². The molecule has 1 aliphatic heterocycles. The van der Waals surface area contributed by atoms with Gasteiger partial charge in [0.15, 0.2) is 5.78 Å². The van der Waals surface area contributed by atoms with E-state index >= 15 is 0 Å². The second-order valence-electron chi connectivity index (χ2n) is 5.99. The lowest BCUT2D eigenvalue weighted by Gasteiger charge is -2.24. The van der Waals surface area contributed by atoms with Gasteiger partial charge in [0.2, 0.25) is 0 Å². The van der Waals surface area contributed by atoms with Crippen molar-refractivity contribution < 1.29 is 9.90 Å². The van der Waals surface area contributed by atoms with Crippen LogP contribution in [-0.4, -0.2) is 17.4 Å². The van der Waals surface area contributed by atoms with Gasteiger partial charge in [-0.25, -0.2) is 0 Å². The molecule has 24 heavy (non-hydrogen) atoms. The summed E-state index contributed by atoms with van der Waals surface area (Å²) in [5.41, 5.74) is 3.84. The zero-order chi connectivity index (χ0) is 16.7. The van der Waals surface area contributed by atoms with Gasteiger partial charge in [0.1, 0.15) is 10.8 Å². The van der Waals surface area contributed by atoms with Crippen molar-refractivity contribution in [3.05, 3.63) is 70.6 Å². The predicted molar refractivity (Wildman–Crippen MR) is 98.2 cm³/mol. The van der Waals surface area contributed by atoms with E-state index in [1.165, 1.54) is 0 Å². The lowest BCUT2D eigenvalue weighted by Crippen LogP contribution is -2.27. The fourth-order valence-corrected chi connectivity index (χ4v) is 4.38. The summed E-state index contributed by atoms with van der Waals surface area (Å²) in [6.07, 6.45) is 0. The summed E-state index contributed by atoms with van der Waals surface area (Å²) in [6.45, 7) is 2.65. The fourth-order valence-electron chi connectivity index (χ4n) is 3.29. The number of benzene rings is 2. The van der Waals surface area contributed by atoms with Crippen LogP contribution in [0, 0.1) is 6.92 Å². The first-order chi connectivity index (χ1) is 11.6. The average Bonchev–Trinajstić information content (AvgIpc) is 2.94. The number of hydrogen-bond donors (Lipinski definition) is 2. The van der Waals surface area contributed by atoms with Gasteiger partial charge in [-0.15, -0.1) is 11.3 Å². The highest BCUT2D eigenvalue weighted by Gasteiger charge is 2.33. The summed E-state index contributed by atoms with van der Waals surface area (Å²) in [5.74, 6) is 0.138. The molecule has 4 heteroatoms. The van der Waals surface area contributed by atoms with E-state index in [4.69, 9.17) is 0 Å². The van der Waals surface area contributed by atoms with E-state index in [-0.39, 0.29) is 17.5 Å². The fraction of sp³-hybridized carbons (Fsp3) is 0.150. The van der Waals surface area contributed by atoms with Crippen LogP contribution in [0.1, 0.15) is 26.7 Å². The molecule has 1 atom stereocenters. The molecule has 0 radical (unpaired) electrons. The highest BCUT2D eigenvalue weighted by molar-refractivity contribution is 7.17. The van der Waals surface area contributed by atoms with E-state index < -0.39 is 0 Å². The number of nitrogens with one attached hydrogen (secondary N) is 1. The molecule has 2 N–H and O–H groups in total. The number of aryl methyl sites for hydroxylation is 1. The maximum absolute atomic E-state index is 13.2. The third kappa shape index (κ3) is 2.39. The summed E-state index contributed by atoms with van der Waals surface area (Å²) in [5, 5.41) is 13.9. The Hall–Kier alpha value is -2.59. The number of carbonyl (C=O) groups excluding carboxylic acids is 1. The molecule has 0 fully saturated rings.